The second-order valence-electron chi connectivity index (χ2n) is 5.37. The molecule has 0 bridgehead atoms. The molecule has 0 aliphatic rings. The Morgan fingerprint density at radius 1 is 1.21 bits per heavy atom. The summed E-state index contributed by atoms with van der Waals surface area (Å²) in [7, 11) is 0. The predicted molar refractivity (Wildman–Crippen MR) is 98.1 cm³/mol. The van der Waals surface area contributed by atoms with E-state index >= 15 is 0 Å². The molecule has 1 aromatic heterocycles. The minimum atomic E-state index is -0.623. The van der Waals surface area contributed by atoms with Gasteiger partial charge in [0.25, 0.3) is 5.56 Å². The number of halogens is 1. The van der Waals surface area contributed by atoms with Crippen LogP contribution < -0.4 is 10.9 Å². The zero-order valence-corrected chi connectivity index (χ0v) is 14.7. The van der Waals surface area contributed by atoms with E-state index < -0.39 is 6.04 Å². The molecule has 1 unspecified atom stereocenters. The normalized spacial score (nSPS) is 12.1. The number of rotatable bonds is 4. The van der Waals surface area contributed by atoms with E-state index in [4.69, 9.17) is 0 Å². The Morgan fingerprint density at radius 2 is 1.92 bits per heavy atom. The number of benzene rings is 2. The van der Waals surface area contributed by atoms with Crippen molar-refractivity contribution in [1.29, 1.82) is 0 Å². The van der Waals surface area contributed by atoms with Gasteiger partial charge in [-0.05, 0) is 46.6 Å². The van der Waals surface area contributed by atoms with Gasteiger partial charge >= 0.3 is 0 Å². The molecule has 24 heavy (non-hydrogen) atoms. The van der Waals surface area contributed by atoms with Crippen LogP contribution >= 0.6 is 15.9 Å². The molecule has 0 saturated heterocycles. The molecule has 3 aromatic rings. The highest BCUT2D eigenvalue weighted by Crippen LogP contribution is 2.23. The monoisotopic (exact) mass is 385 g/mol. The zero-order valence-electron chi connectivity index (χ0n) is 13.1. The van der Waals surface area contributed by atoms with Crippen molar-refractivity contribution in [1.82, 2.24) is 9.55 Å². The summed E-state index contributed by atoms with van der Waals surface area (Å²) < 4.78 is 2.19. The van der Waals surface area contributed by atoms with Crippen LogP contribution in [0.5, 0.6) is 0 Å². The van der Waals surface area contributed by atoms with E-state index in [-0.39, 0.29) is 11.5 Å². The lowest BCUT2D eigenvalue weighted by Crippen LogP contribution is -2.33. The van der Waals surface area contributed by atoms with E-state index in [9.17, 15) is 9.59 Å². The fourth-order valence-corrected chi connectivity index (χ4v) is 2.98. The maximum absolute atomic E-state index is 12.7. The van der Waals surface area contributed by atoms with Crippen LogP contribution in [0.25, 0.3) is 10.9 Å². The van der Waals surface area contributed by atoms with Gasteiger partial charge in [-0.1, -0.05) is 31.2 Å². The lowest BCUT2D eigenvalue weighted by atomic mass is 10.1. The van der Waals surface area contributed by atoms with Crippen LogP contribution in [0.3, 0.4) is 0 Å². The third-order valence-electron chi connectivity index (χ3n) is 3.85. The first-order chi connectivity index (χ1) is 11.6. The van der Waals surface area contributed by atoms with Crippen molar-refractivity contribution in [3.63, 3.8) is 0 Å². The van der Waals surface area contributed by atoms with Gasteiger partial charge in [0.1, 0.15) is 6.04 Å². The molecule has 1 heterocycles. The van der Waals surface area contributed by atoms with Crippen molar-refractivity contribution in [2.45, 2.75) is 19.4 Å². The van der Waals surface area contributed by atoms with Gasteiger partial charge in [-0.15, -0.1) is 0 Å². The highest BCUT2D eigenvalue weighted by atomic mass is 79.9. The summed E-state index contributed by atoms with van der Waals surface area (Å²) in [5.41, 5.74) is 1.08. The van der Waals surface area contributed by atoms with Gasteiger partial charge in [-0.2, -0.15) is 0 Å². The smallest absolute Gasteiger partial charge is 0.261 e. The Hall–Kier alpha value is -2.47. The third kappa shape index (κ3) is 3.10. The highest BCUT2D eigenvalue weighted by Gasteiger charge is 2.21. The SMILES string of the molecule is CCC(C(=O)Nc1ccccc1Br)n1cnc2ccccc2c1=O. The number of anilines is 1. The minimum Gasteiger partial charge on any atom is -0.323 e. The van der Waals surface area contributed by atoms with Crippen molar-refractivity contribution in [3.05, 3.63) is 69.7 Å². The Bertz CT molecular complexity index is 952. The molecular formula is C18H16BrN3O2. The Balaban J connectivity index is 1.97. The maximum Gasteiger partial charge on any atom is 0.261 e. The molecule has 0 spiro atoms. The van der Waals surface area contributed by atoms with Crippen LogP contribution in [0, 0.1) is 0 Å². The summed E-state index contributed by atoms with van der Waals surface area (Å²) in [5.74, 6) is -0.247. The van der Waals surface area contributed by atoms with Crippen LogP contribution in [-0.4, -0.2) is 15.5 Å². The second-order valence-corrected chi connectivity index (χ2v) is 6.22. The third-order valence-corrected chi connectivity index (χ3v) is 4.54. The summed E-state index contributed by atoms with van der Waals surface area (Å²) in [6, 6.07) is 13.9. The quantitative estimate of drug-likeness (QED) is 0.743. The van der Waals surface area contributed by atoms with Gasteiger partial charge in [0.05, 0.1) is 22.9 Å². The average Bonchev–Trinajstić information content (AvgIpc) is 2.60. The number of nitrogens with one attached hydrogen (secondary N) is 1. The van der Waals surface area contributed by atoms with Crippen LogP contribution in [-0.2, 0) is 4.79 Å². The topological polar surface area (TPSA) is 64.0 Å². The summed E-state index contributed by atoms with van der Waals surface area (Å²) in [6.45, 7) is 1.87. The number of carbonyl (C=O) groups excluding carboxylic acids is 1. The summed E-state index contributed by atoms with van der Waals surface area (Å²) in [4.78, 5) is 29.6. The largest absolute Gasteiger partial charge is 0.323 e. The maximum atomic E-state index is 12.7. The van der Waals surface area contributed by atoms with E-state index in [1.54, 1.807) is 24.3 Å². The first-order valence-corrected chi connectivity index (χ1v) is 8.42. The fraction of sp³-hybridized carbons (Fsp3) is 0.167. The molecule has 0 aliphatic carbocycles. The van der Waals surface area contributed by atoms with Gasteiger partial charge in [0.2, 0.25) is 5.91 Å². The number of aromatic nitrogens is 2. The lowest BCUT2D eigenvalue weighted by molar-refractivity contribution is -0.119. The second kappa shape index (κ2) is 6.97. The molecule has 5 nitrogen and oxygen atoms in total. The Labute approximate surface area is 147 Å². The number of carbonyl (C=O) groups is 1. The molecule has 2 aromatic carbocycles. The fourth-order valence-electron chi connectivity index (χ4n) is 2.59. The number of hydrogen-bond acceptors (Lipinski definition) is 3. The van der Waals surface area contributed by atoms with Crippen LogP contribution in [0.1, 0.15) is 19.4 Å². The zero-order chi connectivity index (χ0) is 17.1. The van der Waals surface area contributed by atoms with Crippen molar-refractivity contribution in [3.8, 4) is 0 Å². The van der Waals surface area contributed by atoms with Gasteiger partial charge in [0, 0.05) is 4.47 Å². The molecule has 1 atom stereocenters. The van der Waals surface area contributed by atoms with Gasteiger partial charge in [0.15, 0.2) is 0 Å². The molecular weight excluding hydrogens is 370 g/mol. The van der Waals surface area contributed by atoms with Crippen molar-refractivity contribution < 1.29 is 4.79 Å². The highest BCUT2D eigenvalue weighted by molar-refractivity contribution is 9.10. The van der Waals surface area contributed by atoms with Crippen LogP contribution in [0.2, 0.25) is 0 Å². The van der Waals surface area contributed by atoms with E-state index in [2.05, 4.69) is 26.2 Å². The van der Waals surface area contributed by atoms with Gasteiger partial charge < -0.3 is 5.32 Å². The molecule has 3 rings (SSSR count). The molecule has 1 amide bonds. The van der Waals surface area contributed by atoms with Crippen molar-refractivity contribution in [2.75, 3.05) is 5.32 Å². The van der Waals surface area contributed by atoms with Crippen LogP contribution in [0.15, 0.2) is 64.1 Å². The van der Waals surface area contributed by atoms with E-state index in [1.165, 1.54) is 10.9 Å². The van der Waals surface area contributed by atoms with Crippen LogP contribution in [0.4, 0.5) is 5.69 Å². The molecule has 1 N–H and O–H groups in total. The minimum absolute atomic E-state index is 0.213. The van der Waals surface area contributed by atoms with Gasteiger partial charge in [-0.3, -0.25) is 14.2 Å². The number of amides is 1. The molecule has 0 fully saturated rings. The number of para-hydroxylation sites is 2. The summed E-state index contributed by atoms with van der Waals surface area (Å²) >= 11 is 3.40. The first-order valence-electron chi connectivity index (χ1n) is 7.63. The van der Waals surface area contributed by atoms with E-state index in [0.717, 1.165) is 4.47 Å². The van der Waals surface area contributed by atoms with Crippen molar-refractivity contribution in [2.24, 2.45) is 0 Å². The standard InChI is InChI=1S/C18H16BrN3O2/c1-2-16(17(23)21-15-10-6-4-8-13(15)19)22-11-20-14-9-5-3-7-12(14)18(22)24/h3-11,16H,2H2,1H3,(H,21,23). The summed E-state index contributed by atoms with van der Waals surface area (Å²) in [5, 5.41) is 3.37. The van der Waals surface area contributed by atoms with Crippen molar-refractivity contribution >= 4 is 38.4 Å². The molecule has 0 aliphatic heterocycles. The van der Waals surface area contributed by atoms with E-state index in [0.29, 0.717) is 23.0 Å². The average molecular weight is 386 g/mol. The Kier molecular flexibility index (Phi) is 4.76. The lowest BCUT2D eigenvalue weighted by Gasteiger charge is -2.18. The number of hydrogen-bond donors (Lipinski definition) is 1. The summed E-state index contributed by atoms with van der Waals surface area (Å²) in [6.07, 6.45) is 1.93. The molecule has 122 valence electrons. The Morgan fingerprint density at radius 3 is 2.67 bits per heavy atom. The predicted octanol–water partition coefficient (Wildman–Crippen LogP) is 3.75. The molecule has 6 heteroatoms. The first kappa shape index (κ1) is 16.4. The van der Waals surface area contributed by atoms with E-state index in [1.807, 2.05) is 31.2 Å². The van der Waals surface area contributed by atoms with Gasteiger partial charge in [-0.25, -0.2) is 4.98 Å². The molecule has 0 saturated carbocycles. The number of fused-ring (bicyclic) bond motifs is 1. The number of nitrogens with zero attached hydrogens (tertiary/aromatic N) is 2. The molecule has 0 radical (unpaired) electrons.